The highest BCUT2D eigenvalue weighted by molar-refractivity contribution is 5.85. The van der Waals surface area contributed by atoms with E-state index in [2.05, 4.69) is 0 Å². The van der Waals surface area contributed by atoms with E-state index in [9.17, 15) is 14.0 Å². The lowest BCUT2D eigenvalue weighted by atomic mass is 10.1. The second-order valence-corrected chi connectivity index (χ2v) is 4.27. The van der Waals surface area contributed by atoms with Crippen LogP contribution < -0.4 is 5.43 Å². The molecule has 0 fully saturated rings. The standard InChI is InChI=1S/C15H12FNO3/c16-13-8-11(1-2-15(19)20)7-12(9-13)10-17-5-3-14(18)4-6-17/h1-9H,10H2,(H,19,20). The molecule has 1 N–H and O–H groups in total. The number of pyridine rings is 1. The Hall–Kier alpha value is -2.69. The Morgan fingerprint density at radius 2 is 1.95 bits per heavy atom. The topological polar surface area (TPSA) is 59.3 Å². The van der Waals surface area contributed by atoms with Crippen LogP contribution in [0.25, 0.3) is 6.08 Å². The molecule has 0 saturated carbocycles. The van der Waals surface area contributed by atoms with Crippen LogP contribution in [-0.2, 0) is 11.3 Å². The summed E-state index contributed by atoms with van der Waals surface area (Å²) in [5.41, 5.74) is 1.06. The zero-order chi connectivity index (χ0) is 14.5. The van der Waals surface area contributed by atoms with Crippen LogP contribution >= 0.6 is 0 Å². The molecular formula is C15H12FNO3. The summed E-state index contributed by atoms with van der Waals surface area (Å²) >= 11 is 0. The van der Waals surface area contributed by atoms with Gasteiger partial charge in [0.2, 0.25) is 0 Å². The first-order valence-electron chi connectivity index (χ1n) is 5.89. The van der Waals surface area contributed by atoms with Crippen LogP contribution in [0.5, 0.6) is 0 Å². The van der Waals surface area contributed by atoms with E-state index in [1.165, 1.54) is 30.3 Å². The van der Waals surface area contributed by atoms with Gasteiger partial charge in [0.05, 0.1) is 0 Å². The first-order valence-corrected chi connectivity index (χ1v) is 5.89. The van der Waals surface area contributed by atoms with Crippen molar-refractivity contribution in [2.24, 2.45) is 0 Å². The number of hydrogen-bond acceptors (Lipinski definition) is 2. The van der Waals surface area contributed by atoms with Crippen molar-refractivity contribution in [1.82, 2.24) is 4.57 Å². The van der Waals surface area contributed by atoms with E-state index in [0.29, 0.717) is 17.7 Å². The quantitative estimate of drug-likeness (QED) is 0.868. The number of aliphatic carboxylic acids is 1. The average Bonchev–Trinajstić information content (AvgIpc) is 2.38. The molecule has 4 nitrogen and oxygen atoms in total. The number of aromatic nitrogens is 1. The lowest BCUT2D eigenvalue weighted by Crippen LogP contribution is -2.05. The SMILES string of the molecule is O=C(O)C=Cc1cc(F)cc(Cn2ccc(=O)cc2)c1. The Labute approximate surface area is 114 Å². The number of nitrogens with zero attached hydrogens (tertiary/aromatic N) is 1. The van der Waals surface area contributed by atoms with Gasteiger partial charge >= 0.3 is 5.97 Å². The summed E-state index contributed by atoms with van der Waals surface area (Å²) in [6.45, 7) is 0.395. The highest BCUT2D eigenvalue weighted by atomic mass is 19.1. The third-order valence-corrected chi connectivity index (χ3v) is 2.62. The Kier molecular flexibility index (Phi) is 4.10. The molecule has 2 rings (SSSR count). The number of carbonyl (C=O) groups is 1. The molecule has 1 heterocycles. The van der Waals surface area contributed by atoms with Crippen LogP contribution in [-0.4, -0.2) is 15.6 Å². The van der Waals surface area contributed by atoms with Crippen LogP contribution in [0.2, 0.25) is 0 Å². The molecule has 0 unspecified atom stereocenters. The Morgan fingerprint density at radius 1 is 1.25 bits per heavy atom. The lowest BCUT2D eigenvalue weighted by Gasteiger charge is -2.07. The average molecular weight is 273 g/mol. The normalized spacial score (nSPS) is 10.8. The Bertz CT molecular complexity index is 699. The summed E-state index contributed by atoms with van der Waals surface area (Å²) in [5, 5.41) is 8.56. The van der Waals surface area contributed by atoms with Crippen molar-refractivity contribution in [3.8, 4) is 0 Å². The molecule has 1 aromatic heterocycles. The highest BCUT2D eigenvalue weighted by Gasteiger charge is 2.00. The summed E-state index contributed by atoms with van der Waals surface area (Å²) in [6.07, 6.45) is 5.51. The van der Waals surface area contributed by atoms with Gasteiger partial charge in [0.15, 0.2) is 5.43 Å². The molecule has 0 aliphatic rings. The summed E-state index contributed by atoms with van der Waals surface area (Å²) in [6, 6.07) is 7.17. The molecule has 0 radical (unpaired) electrons. The molecule has 0 atom stereocenters. The van der Waals surface area contributed by atoms with Crippen molar-refractivity contribution in [3.05, 3.63) is 76.0 Å². The van der Waals surface area contributed by atoms with E-state index in [1.807, 2.05) is 0 Å². The number of halogens is 1. The summed E-state index contributed by atoms with van der Waals surface area (Å²) in [5.74, 6) is -1.52. The van der Waals surface area contributed by atoms with Gasteiger partial charge in [-0.2, -0.15) is 0 Å². The lowest BCUT2D eigenvalue weighted by molar-refractivity contribution is -0.131. The minimum absolute atomic E-state index is 0.0921. The van der Waals surface area contributed by atoms with Crippen LogP contribution in [0.3, 0.4) is 0 Å². The van der Waals surface area contributed by atoms with E-state index in [1.54, 1.807) is 23.0 Å². The van der Waals surface area contributed by atoms with Gasteiger partial charge in [0, 0.05) is 37.1 Å². The molecule has 102 valence electrons. The number of carboxylic acids is 1. The highest BCUT2D eigenvalue weighted by Crippen LogP contribution is 2.12. The molecule has 0 aliphatic heterocycles. The maximum absolute atomic E-state index is 13.5. The summed E-state index contributed by atoms with van der Waals surface area (Å²) < 4.78 is 15.2. The smallest absolute Gasteiger partial charge is 0.328 e. The van der Waals surface area contributed by atoms with Gasteiger partial charge in [-0.05, 0) is 35.4 Å². The first kappa shape index (κ1) is 13.7. The zero-order valence-electron chi connectivity index (χ0n) is 10.5. The molecule has 0 aliphatic carbocycles. The third-order valence-electron chi connectivity index (χ3n) is 2.62. The van der Waals surface area contributed by atoms with E-state index >= 15 is 0 Å². The fraction of sp³-hybridized carbons (Fsp3) is 0.0667. The molecule has 20 heavy (non-hydrogen) atoms. The largest absolute Gasteiger partial charge is 0.478 e. The monoisotopic (exact) mass is 273 g/mol. The number of carboxylic acid groups (broad SMARTS) is 1. The van der Waals surface area contributed by atoms with Crippen molar-refractivity contribution >= 4 is 12.0 Å². The number of benzene rings is 1. The fourth-order valence-corrected chi connectivity index (χ4v) is 1.79. The summed E-state index contributed by atoms with van der Waals surface area (Å²) in [4.78, 5) is 21.4. The van der Waals surface area contributed by atoms with Gasteiger partial charge in [0.1, 0.15) is 5.82 Å². The van der Waals surface area contributed by atoms with Crippen LogP contribution in [0.1, 0.15) is 11.1 Å². The number of hydrogen-bond donors (Lipinski definition) is 1. The molecule has 0 saturated heterocycles. The zero-order valence-corrected chi connectivity index (χ0v) is 10.5. The third kappa shape index (κ3) is 3.91. The maximum atomic E-state index is 13.5. The van der Waals surface area contributed by atoms with Crippen LogP contribution in [0.4, 0.5) is 4.39 Å². The molecule has 5 heteroatoms. The Morgan fingerprint density at radius 3 is 2.60 bits per heavy atom. The second-order valence-electron chi connectivity index (χ2n) is 4.27. The van der Waals surface area contributed by atoms with Crippen LogP contribution in [0, 0.1) is 5.82 Å². The van der Waals surface area contributed by atoms with Crippen LogP contribution in [0.15, 0.2) is 53.6 Å². The fourth-order valence-electron chi connectivity index (χ4n) is 1.79. The van der Waals surface area contributed by atoms with Gasteiger partial charge < -0.3 is 9.67 Å². The van der Waals surface area contributed by atoms with Gasteiger partial charge in [-0.15, -0.1) is 0 Å². The summed E-state index contributed by atoms with van der Waals surface area (Å²) in [7, 11) is 0. The van der Waals surface area contributed by atoms with Gasteiger partial charge in [0.25, 0.3) is 0 Å². The predicted octanol–water partition coefficient (Wildman–Crippen LogP) is 2.13. The minimum Gasteiger partial charge on any atom is -0.478 e. The molecule has 0 bridgehead atoms. The van der Waals surface area contributed by atoms with E-state index in [0.717, 1.165) is 6.08 Å². The molecule has 0 amide bonds. The maximum Gasteiger partial charge on any atom is 0.328 e. The van der Waals surface area contributed by atoms with Gasteiger partial charge in [-0.3, -0.25) is 4.79 Å². The van der Waals surface area contributed by atoms with Gasteiger partial charge in [-0.25, -0.2) is 9.18 Å². The second kappa shape index (κ2) is 5.97. The van der Waals surface area contributed by atoms with E-state index in [4.69, 9.17) is 5.11 Å². The van der Waals surface area contributed by atoms with E-state index in [-0.39, 0.29) is 5.43 Å². The molecular weight excluding hydrogens is 261 g/mol. The minimum atomic E-state index is -1.09. The number of rotatable bonds is 4. The molecule has 2 aromatic rings. The van der Waals surface area contributed by atoms with Crippen molar-refractivity contribution in [1.29, 1.82) is 0 Å². The van der Waals surface area contributed by atoms with Crippen molar-refractivity contribution in [2.75, 3.05) is 0 Å². The van der Waals surface area contributed by atoms with E-state index < -0.39 is 11.8 Å². The van der Waals surface area contributed by atoms with Gasteiger partial charge in [-0.1, -0.05) is 0 Å². The molecule has 0 spiro atoms. The van der Waals surface area contributed by atoms with Crippen molar-refractivity contribution in [3.63, 3.8) is 0 Å². The van der Waals surface area contributed by atoms with Crippen molar-refractivity contribution in [2.45, 2.75) is 6.54 Å². The molecule has 1 aromatic carbocycles. The predicted molar refractivity (Wildman–Crippen MR) is 72.9 cm³/mol. The van der Waals surface area contributed by atoms with Crippen molar-refractivity contribution < 1.29 is 14.3 Å². The first-order chi connectivity index (χ1) is 9.52. The Balaban J connectivity index is 2.25.